The molecule has 1 heterocycles. The first kappa shape index (κ1) is 27.3. The third kappa shape index (κ3) is 6.22. The van der Waals surface area contributed by atoms with E-state index in [1.165, 1.54) is 11.8 Å². The number of aromatic nitrogens is 1. The van der Waals surface area contributed by atoms with Crippen LogP contribution < -0.4 is 14.8 Å². The van der Waals surface area contributed by atoms with Gasteiger partial charge in [-0.05, 0) is 30.3 Å². The number of anilines is 1. The van der Waals surface area contributed by atoms with Crippen molar-refractivity contribution >= 4 is 46.6 Å². The lowest BCUT2D eigenvalue weighted by molar-refractivity contribution is -0.115. The van der Waals surface area contributed by atoms with E-state index in [-0.39, 0.29) is 12.3 Å². The summed E-state index contributed by atoms with van der Waals surface area (Å²) in [5.41, 5.74) is 3.93. The number of ether oxygens (including phenoxy) is 2. The van der Waals surface area contributed by atoms with Crippen LogP contribution in [0.1, 0.15) is 12.0 Å². The van der Waals surface area contributed by atoms with E-state index in [0.717, 1.165) is 5.56 Å². The molecule has 3 aromatic carbocycles. The largest absolute Gasteiger partial charge is 0.493 e. The number of benzene rings is 3. The number of para-hydroxylation sites is 1. The lowest BCUT2D eigenvalue weighted by Gasteiger charge is -2.16. The molecule has 0 fully saturated rings. The second kappa shape index (κ2) is 12.7. The van der Waals surface area contributed by atoms with Gasteiger partial charge in [0.05, 0.1) is 35.5 Å². The number of hydrogen-bond acceptors (Lipinski definition) is 6. The number of carbonyl (C=O) groups excluding carboxylic acids is 1. The molecule has 0 spiro atoms. The van der Waals surface area contributed by atoms with Gasteiger partial charge in [-0.2, -0.15) is 5.26 Å². The molecular weight excluding hydrogens is 541 g/mol. The Kier molecular flexibility index (Phi) is 9.14. The van der Waals surface area contributed by atoms with Crippen molar-refractivity contribution in [2.75, 3.05) is 25.3 Å². The molecule has 9 heteroatoms. The quantitative estimate of drug-likeness (QED) is 0.210. The van der Waals surface area contributed by atoms with Gasteiger partial charge in [0.15, 0.2) is 11.5 Å². The molecule has 0 aliphatic heterocycles. The summed E-state index contributed by atoms with van der Waals surface area (Å²) in [5, 5.41) is 14.3. The van der Waals surface area contributed by atoms with Gasteiger partial charge in [0.1, 0.15) is 11.1 Å². The van der Waals surface area contributed by atoms with E-state index in [2.05, 4.69) is 11.4 Å². The van der Waals surface area contributed by atoms with Crippen LogP contribution in [0.5, 0.6) is 11.5 Å². The van der Waals surface area contributed by atoms with Crippen LogP contribution in [0.15, 0.2) is 77.8 Å². The number of hydrogen-bond donors (Lipinski definition) is 1. The van der Waals surface area contributed by atoms with E-state index in [4.69, 9.17) is 37.7 Å². The molecule has 0 atom stereocenters. The summed E-state index contributed by atoms with van der Waals surface area (Å²) >= 11 is 13.3. The van der Waals surface area contributed by atoms with Crippen LogP contribution in [0, 0.1) is 11.3 Å². The van der Waals surface area contributed by atoms with Gasteiger partial charge in [-0.1, -0.05) is 65.7 Å². The van der Waals surface area contributed by atoms with Crippen molar-refractivity contribution in [3.8, 4) is 40.0 Å². The zero-order valence-corrected chi connectivity index (χ0v) is 23.0. The van der Waals surface area contributed by atoms with Gasteiger partial charge >= 0.3 is 0 Å². The fourth-order valence-electron chi connectivity index (χ4n) is 3.84. The first-order chi connectivity index (χ1) is 18.4. The van der Waals surface area contributed by atoms with Crippen LogP contribution in [-0.2, 0) is 4.79 Å². The maximum atomic E-state index is 12.6. The third-order valence-electron chi connectivity index (χ3n) is 5.63. The van der Waals surface area contributed by atoms with Crippen LogP contribution in [0.4, 0.5) is 5.69 Å². The van der Waals surface area contributed by atoms with Gasteiger partial charge in [0.25, 0.3) is 0 Å². The van der Waals surface area contributed by atoms with Crippen LogP contribution >= 0.6 is 35.0 Å². The Morgan fingerprint density at radius 3 is 2.45 bits per heavy atom. The second-order valence-corrected chi connectivity index (χ2v) is 9.93. The van der Waals surface area contributed by atoms with Gasteiger partial charge in [0.2, 0.25) is 5.91 Å². The van der Waals surface area contributed by atoms with Crippen LogP contribution in [0.3, 0.4) is 0 Å². The summed E-state index contributed by atoms with van der Waals surface area (Å²) in [4.78, 5) is 17.4. The Labute approximate surface area is 235 Å². The molecule has 1 amide bonds. The number of rotatable bonds is 9. The SMILES string of the molecule is COc1cccc(-c2cc(-c3ccccc3)nc(SCCC(=O)Nc3ccc(Cl)c(Cl)c3)c2C#N)c1OC. The minimum absolute atomic E-state index is 0.191. The summed E-state index contributed by atoms with van der Waals surface area (Å²) in [6, 6.07) is 24.3. The lowest BCUT2D eigenvalue weighted by atomic mass is 9.98. The molecule has 0 radical (unpaired) electrons. The monoisotopic (exact) mass is 563 g/mol. The molecule has 4 rings (SSSR count). The lowest BCUT2D eigenvalue weighted by Crippen LogP contribution is -2.12. The standard InChI is InChI=1S/C29H23Cl2N3O3S/c1-36-26-10-6-9-20(28(26)37-2)21-16-25(18-7-4-3-5-8-18)34-29(22(21)17-32)38-14-13-27(35)33-19-11-12-23(30)24(31)15-19/h3-12,15-16H,13-14H2,1-2H3,(H,33,35). The highest BCUT2D eigenvalue weighted by atomic mass is 35.5. The van der Waals surface area contributed by atoms with Gasteiger partial charge < -0.3 is 14.8 Å². The first-order valence-electron chi connectivity index (χ1n) is 11.5. The molecule has 1 aromatic heterocycles. The number of halogens is 2. The number of nitrogens with zero attached hydrogens (tertiary/aromatic N) is 2. The van der Waals surface area contributed by atoms with Crippen LogP contribution in [0.2, 0.25) is 10.0 Å². The van der Waals surface area contributed by atoms with Gasteiger partial charge in [-0.3, -0.25) is 4.79 Å². The molecule has 4 aromatic rings. The van der Waals surface area contributed by atoms with E-state index in [9.17, 15) is 10.1 Å². The fraction of sp³-hybridized carbons (Fsp3) is 0.138. The summed E-state index contributed by atoms with van der Waals surface area (Å²) in [6.07, 6.45) is 0.199. The van der Waals surface area contributed by atoms with Gasteiger partial charge in [-0.25, -0.2) is 4.98 Å². The molecule has 0 saturated carbocycles. The van der Waals surface area contributed by atoms with Crippen molar-refractivity contribution in [3.05, 3.63) is 88.4 Å². The van der Waals surface area contributed by atoms with Crippen molar-refractivity contribution in [2.24, 2.45) is 0 Å². The number of methoxy groups -OCH3 is 2. The molecule has 6 nitrogen and oxygen atoms in total. The molecule has 0 aliphatic carbocycles. The topological polar surface area (TPSA) is 84.2 Å². The zero-order chi connectivity index (χ0) is 27.1. The molecule has 0 saturated heterocycles. The molecule has 192 valence electrons. The van der Waals surface area contributed by atoms with E-state index >= 15 is 0 Å². The van der Waals surface area contributed by atoms with Gasteiger partial charge in [0, 0.05) is 34.6 Å². The molecule has 38 heavy (non-hydrogen) atoms. The highest BCUT2D eigenvalue weighted by Gasteiger charge is 2.20. The predicted octanol–water partition coefficient (Wildman–Crippen LogP) is 7.73. The molecular formula is C29H23Cl2N3O3S. The molecule has 0 bridgehead atoms. The molecule has 1 N–H and O–H groups in total. The van der Waals surface area contributed by atoms with Crippen molar-refractivity contribution in [1.82, 2.24) is 4.98 Å². The number of nitriles is 1. The number of nitrogens with one attached hydrogen (secondary N) is 1. The van der Waals surface area contributed by atoms with E-state index in [0.29, 0.717) is 60.4 Å². The average molecular weight is 564 g/mol. The number of pyridine rings is 1. The maximum Gasteiger partial charge on any atom is 0.225 e. The van der Waals surface area contributed by atoms with Crippen molar-refractivity contribution in [1.29, 1.82) is 5.26 Å². The van der Waals surface area contributed by atoms with Gasteiger partial charge in [-0.15, -0.1) is 11.8 Å². The Bertz CT molecular complexity index is 1510. The average Bonchev–Trinajstić information content (AvgIpc) is 2.94. The minimum atomic E-state index is -0.191. The summed E-state index contributed by atoms with van der Waals surface area (Å²) < 4.78 is 11.1. The summed E-state index contributed by atoms with van der Waals surface area (Å²) in [5.74, 6) is 1.29. The van der Waals surface area contributed by atoms with Crippen LogP contribution in [-0.4, -0.2) is 30.9 Å². The maximum absolute atomic E-state index is 12.6. The third-order valence-corrected chi connectivity index (χ3v) is 7.35. The fourth-order valence-corrected chi connectivity index (χ4v) is 5.08. The minimum Gasteiger partial charge on any atom is -0.493 e. The van der Waals surface area contributed by atoms with Crippen molar-refractivity contribution < 1.29 is 14.3 Å². The number of thioether (sulfide) groups is 1. The zero-order valence-electron chi connectivity index (χ0n) is 20.6. The van der Waals surface area contributed by atoms with Crippen molar-refractivity contribution in [2.45, 2.75) is 11.4 Å². The van der Waals surface area contributed by atoms with E-state index in [1.54, 1.807) is 38.5 Å². The Hall–Kier alpha value is -3.70. The normalized spacial score (nSPS) is 10.5. The predicted molar refractivity (Wildman–Crippen MR) is 153 cm³/mol. The number of amides is 1. The smallest absolute Gasteiger partial charge is 0.225 e. The highest BCUT2D eigenvalue weighted by molar-refractivity contribution is 7.99. The Balaban J connectivity index is 1.66. The van der Waals surface area contributed by atoms with E-state index in [1.807, 2.05) is 48.5 Å². The Morgan fingerprint density at radius 2 is 1.76 bits per heavy atom. The summed E-state index contributed by atoms with van der Waals surface area (Å²) in [6.45, 7) is 0. The van der Waals surface area contributed by atoms with E-state index < -0.39 is 0 Å². The Morgan fingerprint density at radius 1 is 0.974 bits per heavy atom. The first-order valence-corrected chi connectivity index (χ1v) is 13.3. The second-order valence-electron chi connectivity index (χ2n) is 8.03. The van der Waals surface area contributed by atoms with Crippen LogP contribution in [0.25, 0.3) is 22.4 Å². The highest BCUT2D eigenvalue weighted by Crippen LogP contribution is 2.42. The number of carbonyl (C=O) groups is 1. The molecule has 0 unspecified atom stereocenters. The van der Waals surface area contributed by atoms with Crippen molar-refractivity contribution in [3.63, 3.8) is 0 Å². The summed E-state index contributed by atoms with van der Waals surface area (Å²) in [7, 11) is 3.13. The molecule has 0 aliphatic rings.